The molecule has 0 aromatic heterocycles. The number of benzene rings is 2. The fourth-order valence-electron chi connectivity index (χ4n) is 3.45. The number of anilines is 1. The first-order chi connectivity index (χ1) is 15.1. The molecular formula is C22H27N3O6S. The van der Waals surface area contributed by atoms with Gasteiger partial charge in [0.15, 0.2) is 11.5 Å². The highest BCUT2D eigenvalue weighted by molar-refractivity contribution is 7.92. The minimum atomic E-state index is -3.81. The number of likely N-dealkylation sites (N-methyl/N-ethyl adjacent to an activating group) is 1. The van der Waals surface area contributed by atoms with Gasteiger partial charge in [-0.25, -0.2) is 8.42 Å². The number of amides is 2. The number of hydrogen-bond acceptors (Lipinski definition) is 6. The van der Waals surface area contributed by atoms with Gasteiger partial charge in [0.25, 0.3) is 0 Å². The van der Waals surface area contributed by atoms with Crippen LogP contribution in [0, 0.1) is 6.92 Å². The van der Waals surface area contributed by atoms with Crippen LogP contribution in [0.4, 0.5) is 5.69 Å². The lowest BCUT2D eigenvalue weighted by Crippen LogP contribution is -2.50. The Bertz CT molecular complexity index is 1120. The van der Waals surface area contributed by atoms with Crippen LogP contribution in [0.1, 0.15) is 18.1 Å². The van der Waals surface area contributed by atoms with Gasteiger partial charge >= 0.3 is 0 Å². The van der Waals surface area contributed by atoms with Gasteiger partial charge in [0, 0.05) is 19.7 Å². The van der Waals surface area contributed by atoms with Crippen molar-refractivity contribution in [2.24, 2.45) is 0 Å². The summed E-state index contributed by atoms with van der Waals surface area (Å²) in [5.41, 5.74) is 2.12. The third kappa shape index (κ3) is 5.31. The number of carbonyl (C=O) groups excluding carboxylic acids is 2. The average Bonchev–Trinajstić information content (AvgIpc) is 3.21. The summed E-state index contributed by atoms with van der Waals surface area (Å²) >= 11 is 0. The zero-order chi connectivity index (χ0) is 23.5. The smallest absolute Gasteiger partial charge is 0.244 e. The molecule has 0 spiro atoms. The summed E-state index contributed by atoms with van der Waals surface area (Å²) in [6.45, 7) is 3.28. The Balaban J connectivity index is 1.91. The topological polar surface area (TPSA) is 105 Å². The third-order valence-electron chi connectivity index (χ3n) is 5.17. The Morgan fingerprint density at radius 3 is 2.50 bits per heavy atom. The summed E-state index contributed by atoms with van der Waals surface area (Å²) in [7, 11) is -2.32. The lowest BCUT2D eigenvalue weighted by atomic mass is 10.1. The van der Waals surface area contributed by atoms with Crippen LogP contribution in [0.3, 0.4) is 0 Å². The second kappa shape index (κ2) is 9.47. The normalized spacial score (nSPS) is 13.4. The van der Waals surface area contributed by atoms with Crippen LogP contribution in [0.25, 0.3) is 0 Å². The molecule has 0 aliphatic carbocycles. The summed E-state index contributed by atoms with van der Waals surface area (Å²) in [5, 5.41) is 2.55. The van der Waals surface area contributed by atoms with Crippen molar-refractivity contribution in [2.75, 3.05) is 30.9 Å². The molecule has 2 amide bonds. The minimum absolute atomic E-state index is 0.0461. The number of fused-ring (bicyclic) bond motifs is 1. The zero-order valence-corrected chi connectivity index (χ0v) is 19.3. The molecule has 1 heterocycles. The summed E-state index contributed by atoms with van der Waals surface area (Å²) < 4.78 is 36.7. The summed E-state index contributed by atoms with van der Waals surface area (Å²) in [5.74, 6) is 0.0486. The van der Waals surface area contributed by atoms with Crippen molar-refractivity contribution in [3.05, 3.63) is 53.6 Å². The number of ether oxygens (including phenoxy) is 2. The van der Waals surface area contributed by atoms with E-state index in [9.17, 15) is 18.0 Å². The van der Waals surface area contributed by atoms with E-state index in [1.165, 1.54) is 18.0 Å². The van der Waals surface area contributed by atoms with Crippen LogP contribution in [-0.2, 0) is 26.2 Å². The first kappa shape index (κ1) is 23.4. The molecule has 1 atom stereocenters. The monoisotopic (exact) mass is 461 g/mol. The van der Waals surface area contributed by atoms with Gasteiger partial charge in [0.2, 0.25) is 28.6 Å². The number of nitrogens with zero attached hydrogens (tertiary/aromatic N) is 2. The van der Waals surface area contributed by atoms with Crippen LogP contribution in [0.5, 0.6) is 11.5 Å². The van der Waals surface area contributed by atoms with Gasteiger partial charge in [-0.15, -0.1) is 0 Å². The second-order valence-electron chi connectivity index (χ2n) is 7.61. The highest BCUT2D eigenvalue weighted by Gasteiger charge is 2.30. The molecule has 0 fully saturated rings. The van der Waals surface area contributed by atoms with Gasteiger partial charge < -0.3 is 19.7 Å². The third-order valence-corrected chi connectivity index (χ3v) is 6.31. The van der Waals surface area contributed by atoms with Gasteiger partial charge in [-0.3, -0.25) is 13.9 Å². The van der Waals surface area contributed by atoms with E-state index < -0.39 is 28.5 Å². The van der Waals surface area contributed by atoms with Crippen molar-refractivity contribution < 1.29 is 27.5 Å². The molecule has 9 nitrogen and oxygen atoms in total. The maximum atomic E-state index is 13.3. The van der Waals surface area contributed by atoms with Gasteiger partial charge in [-0.1, -0.05) is 29.8 Å². The molecule has 0 radical (unpaired) electrons. The van der Waals surface area contributed by atoms with Crippen molar-refractivity contribution in [3.63, 3.8) is 0 Å². The van der Waals surface area contributed by atoms with Crippen LogP contribution in [0.2, 0.25) is 0 Å². The average molecular weight is 462 g/mol. The molecule has 172 valence electrons. The first-order valence-electron chi connectivity index (χ1n) is 10.0. The molecule has 1 aliphatic rings. The maximum absolute atomic E-state index is 13.3. The van der Waals surface area contributed by atoms with Gasteiger partial charge in [0.1, 0.15) is 12.6 Å². The minimum Gasteiger partial charge on any atom is -0.454 e. The van der Waals surface area contributed by atoms with E-state index in [2.05, 4.69) is 5.32 Å². The predicted octanol–water partition coefficient (Wildman–Crippen LogP) is 1.65. The fourth-order valence-corrected chi connectivity index (χ4v) is 4.29. The second-order valence-corrected chi connectivity index (χ2v) is 9.51. The number of carbonyl (C=O) groups is 2. The molecule has 1 aliphatic heterocycles. The number of hydrogen-bond donors (Lipinski definition) is 1. The molecule has 0 bridgehead atoms. The van der Waals surface area contributed by atoms with E-state index in [0.29, 0.717) is 11.5 Å². The number of aryl methyl sites for hydroxylation is 1. The first-order valence-corrected chi connectivity index (χ1v) is 11.9. The SMILES string of the molecule is CNC(=O)[C@@H](C)N(Cc1cccc(C)c1)C(=O)CN(c1ccc2c(c1)OCO2)S(C)(=O)=O. The van der Waals surface area contributed by atoms with Crippen molar-refractivity contribution in [2.45, 2.75) is 26.4 Å². The summed E-state index contributed by atoms with van der Waals surface area (Å²) in [4.78, 5) is 27.0. The van der Waals surface area contributed by atoms with E-state index in [0.717, 1.165) is 21.7 Å². The lowest BCUT2D eigenvalue weighted by molar-refractivity contribution is -0.139. The Morgan fingerprint density at radius 1 is 1.12 bits per heavy atom. The molecule has 32 heavy (non-hydrogen) atoms. The highest BCUT2D eigenvalue weighted by atomic mass is 32.2. The molecule has 2 aromatic carbocycles. The Labute approximate surface area is 188 Å². The maximum Gasteiger partial charge on any atom is 0.244 e. The molecule has 3 rings (SSSR count). The predicted molar refractivity (Wildman–Crippen MR) is 120 cm³/mol. The van der Waals surface area contributed by atoms with E-state index in [-0.39, 0.29) is 24.9 Å². The van der Waals surface area contributed by atoms with E-state index >= 15 is 0 Å². The van der Waals surface area contributed by atoms with Gasteiger partial charge in [-0.05, 0) is 31.5 Å². The quantitative estimate of drug-likeness (QED) is 0.641. The van der Waals surface area contributed by atoms with Crippen LogP contribution in [0.15, 0.2) is 42.5 Å². The summed E-state index contributed by atoms with van der Waals surface area (Å²) in [6.07, 6.45) is 1.03. The molecule has 0 saturated carbocycles. The van der Waals surface area contributed by atoms with Crippen molar-refractivity contribution in [1.82, 2.24) is 10.2 Å². The van der Waals surface area contributed by atoms with Gasteiger partial charge in [0.05, 0.1) is 11.9 Å². The van der Waals surface area contributed by atoms with Crippen LogP contribution < -0.4 is 19.1 Å². The highest BCUT2D eigenvalue weighted by Crippen LogP contribution is 2.36. The molecular weight excluding hydrogens is 434 g/mol. The number of sulfonamides is 1. The Morgan fingerprint density at radius 2 is 1.84 bits per heavy atom. The molecule has 0 unspecified atom stereocenters. The van der Waals surface area contributed by atoms with Crippen LogP contribution >= 0.6 is 0 Å². The summed E-state index contributed by atoms with van der Waals surface area (Å²) in [6, 6.07) is 11.4. The van der Waals surface area contributed by atoms with Gasteiger partial charge in [-0.2, -0.15) is 0 Å². The zero-order valence-electron chi connectivity index (χ0n) is 18.5. The fraction of sp³-hybridized carbons (Fsp3) is 0.364. The van der Waals surface area contributed by atoms with Crippen molar-refractivity contribution in [1.29, 1.82) is 0 Å². The van der Waals surface area contributed by atoms with Crippen molar-refractivity contribution in [3.8, 4) is 11.5 Å². The largest absolute Gasteiger partial charge is 0.454 e. The Hall–Kier alpha value is -3.27. The number of nitrogens with one attached hydrogen (secondary N) is 1. The number of rotatable bonds is 8. The van der Waals surface area contributed by atoms with E-state index in [4.69, 9.17) is 9.47 Å². The lowest BCUT2D eigenvalue weighted by Gasteiger charge is -2.31. The Kier molecular flexibility index (Phi) is 6.93. The van der Waals surface area contributed by atoms with E-state index in [1.807, 2.05) is 31.2 Å². The standard InChI is InChI=1S/C22H27N3O6S/c1-15-6-5-7-17(10-15)12-24(16(2)22(27)23-3)21(26)13-25(32(4,28)29)18-8-9-19-20(11-18)31-14-30-19/h5-11,16H,12-14H2,1-4H3,(H,23,27)/t16-/m1/s1. The molecule has 2 aromatic rings. The molecule has 1 N–H and O–H groups in total. The van der Waals surface area contributed by atoms with Crippen LogP contribution in [-0.4, -0.2) is 57.8 Å². The van der Waals surface area contributed by atoms with E-state index in [1.54, 1.807) is 19.1 Å². The molecule has 0 saturated heterocycles. The molecule has 10 heteroatoms. The van der Waals surface area contributed by atoms with Crippen molar-refractivity contribution >= 4 is 27.5 Å².